The lowest BCUT2D eigenvalue weighted by Gasteiger charge is -2.09. The Morgan fingerprint density at radius 1 is 1.60 bits per heavy atom. The zero-order valence-corrected chi connectivity index (χ0v) is 6.64. The molecule has 0 atom stereocenters. The predicted octanol–water partition coefficient (Wildman–Crippen LogP) is -1.09. The van der Waals surface area contributed by atoms with Gasteiger partial charge in [0.2, 0.25) is 10.0 Å². The van der Waals surface area contributed by atoms with Crippen molar-refractivity contribution in [3.63, 3.8) is 0 Å². The first-order valence-electron chi connectivity index (χ1n) is 2.52. The fourth-order valence-electron chi connectivity index (χ4n) is 0.395. The fourth-order valence-corrected chi connectivity index (χ4v) is 1.19. The molecule has 0 heterocycles. The summed E-state index contributed by atoms with van der Waals surface area (Å²) in [6.45, 7) is 0. The summed E-state index contributed by atoms with van der Waals surface area (Å²) in [6, 6.07) is 1.54. The third-order valence-corrected chi connectivity index (χ3v) is 1.73. The van der Waals surface area contributed by atoms with Gasteiger partial charge in [0.1, 0.15) is 0 Å². The van der Waals surface area contributed by atoms with Gasteiger partial charge in [-0.25, -0.2) is 13.4 Å². The number of hydrogen-bond donors (Lipinski definition) is 1. The van der Waals surface area contributed by atoms with Crippen LogP contribution in [0.25, 0.3) is 0 Å². The highest BCUT2D eigenvalue weighted by Gasteiger charge is 2.08. The quantitative estimate of drug-likeness (QED) is 0.536. The maximum absolute atomic E-state index is 10.7. The summed E-state index contributed by atoms with van der Waals surface area (Å²) in [4.78, 5) is 2.10. The molecule has 58 valence electrons. The van der Waals surface area contributed by atoms with Crippen molar-refractivity contribution in [3.05, 3.63) is 0 Å². The van der Waals surface area contributed by atoms with E-state index in [2.05, 4.69) is 4.83 Å². The molecule has 10 heavy (non-hydrogen) atoms. The number of nitriles is 1. The van der Waals surface area contributed by atoms with E-state index in [0.717, 1.165) is 0 Å². The number of hydrogen-bond acceptors (Lipinski definition) is 4. The average molecular weight is 163 g/mol. The summed E-state index contributed by atoms with van der Waals surface area (Å²) >= 11 is 0. The Morgan fingerprint density at radius 2 is 2.10 bits per heavy atom. The minimum Gasteiger partial charge on any atom is -0.237 e. The van der Waals surface area contributed by atoms with E-state index >= 15 is 0 Å². The second kappa shape index (κ2) is 3.51. The second-order valence-corrected chi connectivity index (χ2v) is 3.60. The van der Waals surface area contributed by atoms with Crippen LogP contribution in [-0.4, -0.2) is 33.3 Å². The van der Waals surface area contributed by atoms with Crippen LogP contribution < -0.4 is 4.83 Å². The molecule has 0 saturated carbocycles. The molecular weight excluding hydrogens is 154 g/mol. The van der Waals surface area contributed by atoms with Gasteiger partial charge in [0.25, 0.3) is 0 Å². The van der Waals surface area contributed by atoms with Gasteiger partial charge in [0, 0.05) is 14.1 Å². The van der Waals surface area contributed by atoms with Gasteiger partial charge in [0.05, 0.1) is 6.07 Å². The average Bonchev–Trinajstić information content (AvgIpc) is 1.59. The molecule has 0 radical (unpaired) electrons. The van der Waals surface area contributed by atoms with Gasteiger partial charge in [-0.2, -0.15) is 5.26 Å². The summed E-state index contributed by atoms with van der Waals surface area (Å²) < 4.78 is 21.3. The molecule has 0 aromatic carbocycles. The zero-order chi connectivity index (χ0) is 8.20. The minimum absolute atomic E-state index is 0.509. The lowest BCUT2D eigenvalue weighted by atomic mass is 10.9. The van der Waals surface area contributed by atoms with Crippen molar-refractivity contribution in [2.45, 2.75) is 0 Å². The Bertz CT molecular complexity index is 225. The normalized spacial score (nSPS) is 11.4. The van der Waals surface area contributed by atoms with E-state index < -0.39 is 15.8 Å². The Labute approximate surface area is 60.3 Å². The topological polar surface area (TPSA) is 73.2 Å². The predicted molar refractivity (Wildman–Crippen MR) is 36.2 cm³/mol. The van der Waals surface area contributed by atoms with E-state index in [0.29, 0.717) is 0 Å². The van der Waals surface area contributed by atoms with Gasteiger partial charge in [-0.3, -0.25) is 0 Å². The summed E-state index contributed by atoms with van der Waals surface area (Å²) in [7, 11) is -0.343. The van der Waals surface area contributed by atoms with E-state index in [1.165, 1.54) is 25.2 Å². The Morgan fingerprint density at radius 3 is 2.40 bits per heavy atom. The first kappa shape index (κ1) is 9.36. The maximum Gasteiger partial charge on any atom is 0.237 e. The SMILES string of the molecule is CN(C)NS(=O)(=O)CC#N. The Hall–Kier alpha value is -0.640. The molecule has 0 fully saturated rings. The highest BCUT2D eigenvalue weighted by molar-refractivity contribution is 7.89. The van der Waals surface area contributed by atoms with E-state index in [1.807, 2.05) is 0 Å². The molecule has 0 aliphatic rings. The lowest BCUT2D eigenvalue weighted by Crippen LogP contribution is -2.37. The number of nitrogens with one attached hydrogen (secondary N) is 1. The largest absolute Gasteiger partial charge is 0.237 e. The highest BCUT2D eigenvalue weighted by Crippen LogP contribution is 1.81. The zero-order valence-electron chi connectivity index (χ0n) is 5.83. The Kier molecular flexibility index (Phi) is 3.28. The molecule has 0 unspecified atom stereocenters. The summed E-state index contributed by atoms with van der Waals surface area (Å²) in [5.41, 5.74) is 0. The third-order valence-electron chi connectivity index (χ3n) is 0.576. The number of hydrazine groups is 1. The first-order valence-corrected chi connectivity index (χ1v) is 4.17. The van der Waals surface area contributed by atoms with Crippen LogP contribution in [0, 0.1) is 11.3 Å². The number of nitrogens with zero attached hydrogens (tertiary/aromatic N) is 2. The molecule has 0 amide bonds. The van der Waals surface area contributed by atoms with Crippen molar-refractivity contribution in [3.8, 4) is 6.07 Å². The van der Waals surface area contributed by atoms with Gasteiger partial charge < -0.3 is 0 Å². The van der Waals surface area contributed by atoms with Gasteiger partial charge in [-0.1, -0.05) is 0 Å². The van der Waals surface area contributed by atoms with Crippen molar-refractivity contribution in [2.75, 3.05) is 19.8 Å². The van der Waals surface area contributed by atoms with Crippen LogP contribution in [0.5, 0.6) is 0 Å². The third kappa shape index (κ3) is 4.26. The molecule has 0 aromatic rings. The maximum atomic E-state index is 10.7. The van der Waals surface area contributed by atoms with E-state index in [9.17, 15) is 8.42 Å². The molecular formula is C4H9N3O2S. The van der Waals surface area contributed by atoms with Gasteiger partial charge >= 0.3 is 0 Å². The second-order valence-electron chi connectivity index (χ2n) is 1.90. The molecule has 5 nitrogen and oxygen atoms in total. The van der Waals surface area contributed by atoms with Crippen LogP contribution in [0.3, 0.4) is 0 Å². The van der Waals surface area contributed by atoms with Crippen LogP contribution >= 0.6 is 0 Å². The molecule has 0 aliphatic heterocycles. The molecule has 0 spiro atoms. The molecule has 0 aromatic heterocycles. The molecule has 0 saturated heterocycles. The van der Waals surface area contributed by atoms with Crippen molar-refractivity contribution >= 4 is 10.0 Å². The lowest BCUT2D eigenvalue weighted by molar-refractivity contribution is 0.365. The number of rotatable bonds is 3. The Balaban J connectivity index is 4.05. The molecule has 0 aliphatic carbocycles. The molecule has 0 bridgehead atoms. The minimum atomic E-state index is -3.42. The van der Waals surface area contributed by atoms with Gasteiger partial charge in [-0.05, 0) is 0 Å². The molecule has 1 N–H and O–H groups in total. The fraction of sp³-hybridized carbons (Fsp3) is 0.750. The highest BCUT2D eigenvalue weighted by atomic mass is 32.2. The van der Waals surface area contributed by atoms with Crippen molar-refractivity contribution in [1.29, 1.82) is 5.26 Å². The smallest absolute Gasteiger partial charge is 0.237 e. The van der Waals surface area contributed by atoms with Crippen LogP contribution in [0.2, 0.25) is 0 Å². The van der Waals surface area contributed by atoms with E-state index in [1.54, 1.807) is 0 Å². The monoisotopic (exact) mass is 163 g/mol. The van der Waals surface area contributed by atoms with Gasteiger partial charge in [0.15, 0.2) is 5.75 Å². The van der Waals surface area contributed by atoms with E-state index in [4.69, 9.17) is 5.26 Å². The van der Waals surface area contributed by atoms with Crippen LogP contribution in [0.1, 0.15) is 0 Å². The van der Waals surface area contributed by atoms with Crippen molar-refractivity contribution in [2.24, 2.45) is 0 Å². The van der Waals surface area contributed by atoms with Crippen LogP contribution in [0.15, 0.2) is 0 Å². The standard InChI is InChI=1S/C4H9N3O2S/c1-7(2)6-10(8,9)4-3-5/h6H,4H2,1-2H3. The van der Waals surface area contributed by atoms with Crippen molar-refractivity contribution < 1.29 is 8.42 Å². The summed E-state index contributed by atoms with van der Waals surface area (Å²) in [6.07, 6.45) is 0. The molecule has 6 heteroatoms. The first-order chi connectivity index (χ1) is 4.48. The molecule has 0 rings (SSSR count). The van der Waals surface area contributed by atoms with Crippen LogP contribution in [-0.2, 0) is 10.0 Å². The summed E-state index contributed by atoms with van der Waals surface area (Å²) in [5.74, 6) is -0.509. The van der Waals surface area contributed by atoms with Crippen LogP contribution in [0.4, 0.5) is 0 Å². The van der Waals surface area contributed by atoms with Crippen molar-refractivity contribution in [1.82, 2.24) is 9.84 Å². The van der Waals surface area contributed by atoms with Gasteiger partial charge in [-0.15, -0.1) is 4.83 Å². The number of sulfonamides is 1. The summed E-state index contributed by atoms with van der Waals surface area (Å²) in [5, 5.41) is 9.30. The van der Waals surface area contributed by atoms with E-state index in [-0.39, 0.29) is 0 Å².